The molecule has 88 valence electrons. The summed E-state index contributed by atoms with van der Waals surface area (Å²) in [7, 11) is 1.66. The van der Waals surface area contributed by atoms with E-state index in [4.69, 9.17) is 4.74 Å². The summed E-state index contributed by atoms with van der Waals surface area (Å²) in [6.07, 6.45) is 4.05. The van der Waals surface area contributed by atoms with Crippen molar-refractivity contribution in [2.45, 2.75) is 37.8 Å². The van der Waals surface area contributed by atoms with Gasteiger partial charge in [0.25, 0.3) is 0 Å². The van der Waals surface area contributed by atoms with Gasteiger partial charge in [-0.3, -0.25) is 0 Å². The van der Waals surface area contributed by atoms with Crippen LogP contribution in [-0.4, -0.2) is 24.4 Å². The molecule has 3 heteroatoms. The molecule has 0 saturated heterocycles. The Balaban J connectivity index is 2.01. The maximum Gasteiger partial charge on any atom is 0.120 e. The van der Waals surface area contributed by atoms with Gasteiger partial charge in [-0.15, -0.1) is 0 Å². The van der Waals surface area contributed by atoms with Gasteiger partial charge in [0.15, 0.2) is 0 Å². The van der Waals surface area contributed by atoms with E-state index in [-0.39, 0.29) is 12.1 Å². The van der Waals surface area contributed by atoms with Crippen LogP contribution in [0.3, 0.4) is 0 Å². The quantitative estimate of drug-likeness (QED) is 0.823. The molecule has 0 unspecified atom stereocenters. The molecule has 1 aliphatic rings. The Bertz CT molecular complexity index is 340. The third-order valence-corrected chi connectivity index (χ3v) is 3.15. The summed E-state index contributed by atoms with van der Waals surface area (Å²) in [6.45, 7) is 0. The molecule has 0 bridgehead atoms. The summed E-state index contributed by atoms with van der Waals surface area (Å²) in [5.41, 5.74) is 1.02. The SMILES string of the molecule is COc1cccc(N[C@H]2CCCC[C@@H]2O)c1. The van der Waals surface area contributed by atoms with E-state index in [9.17, 15) is 5.11 Å². The van der Waals surface area contributed by atoms with Crippen LogP contribution in [0.15, 0.2) is 24.3 Å². The zero-order valence-corrected chi connectivity index (χ0v) is 9.65. The number of hydrogen-bond donors (Lipinski definition) is 2. The number of rotatable bonds is 3. The van der Waals surface area contributed by atoms with E-state index < -0.39 is 0 Å². The summed E-state index contributed by atoms with van der Waals surface area (Å²) in [4.78, 5) is 0. The van der Waals surface area contributed by atoms with E-state index in [0.717, 1.165) is 30.7 Å². The van der Waals surface area contributed by atoms with Crippen LogP contribution in [0.4, 0.5) is 5.69 Å². The average Bonchev–Trinajstić information content (AvgIpc) is 2.32. The van der Waals surface area contributed by atoms with Crippen LogP contribution in [0.5, 0.6) is 5.75 Å². The first kappa shape index (κ1) is 11.3. The highest BCUT2D eigenvalue weighted by Gasteiger charge is 2.22. The third kappa shape index (κ3) is 2.67. The van der Waals surface area contributed by atoms with Gasteiger partial charge in [-0.1, -0.05) is 18.9 Å². The molecule has 0 radical (unpaired) electrons. The van der Waals surface area contributed by atoms with Crippen molar-refractivity contribution in [1.29, 1.82) is 0 Å². The average molecular weight is 221 g/mol. The van der Waals surface area contributed by atoms with Crippen molar-refractivity contribution in [3.8, 4) is 5.75 Å². The number of anilines is 1. The number of aliphatic hydroxyl groups is 1. The third-order valence-electron chi connectivity index (χ3n) is 3.15. The van der Waals surface area contributed by atoms with Crippen molar-refractivity contribution in [1.82, 2.24) is 0 Å². The molecule has 0 amide bonds. The zero-order valence-electron chi connectivity index (χ0n) is 9.65. The lowest BCUT2D eigenvalue weighted by Gasteiger charge is -2.29. The lowest BCUT2D eigenvalue weighted by Crippen LogP contribution is -2.36. The van der Waals surface area contributed by atoms with Gasteiger partial charge in [0.05, 0.1) is 19.3 Å². The van der Waals surface area contributed by atoms with Gasteiger partial charge in [-0.25, -0.2) is 0 Å². The molecular weight excluding hydrogens is 202 g/mol. The number of methoxy groups -OCH3 is 1. The zero-order chi connectivity index (χ0) is 11.4. The van der Waals surface area contributed by atoms with Crippen LogP contribution in [0, 0.1) is 0 Å². The maximum absolute atomic E-state index is 9.86. The molecule has 16 heavy (non-hydrogen) atoms. The molecule has 0 heterocycles. The molecule has 1 aromatic rings. The molecule has 1 fully saturated rings. The Morgan fingerprint density at radius 2 is 2.12 bits per heavy atom. The summed E-state index contributed by atoms with van der Waals surface area (Å²) in [5, 5.41) is 13.2. The highest BCUT2D eigenvalue weighted by Crippen LogP contribution is 2.24. The Morgan fingerprint density at radius 3 is 2.88 bits per heavy atom. The molecule has 2 atom stereocenters. The molecule has 0 aliphatic heterocycles. The van der Waals surface area contributed by atoms with Gasteiger partial charge >= 0.3 is 0 Å². The van der Waals surface area contributed by atoms with Crippen molar-refractivity contribution in [3.05, 3.63) is 24.3 Å². The molecule has 2 N–H and O–H groups in total. The summed E-state index contributed by atoms with van der Waals surface area (Å²) in [5.74, 6) is 0.843. The maximum atomic E-state index is 9.86. The van der Waals surface area contributed by atoms with E-state index in [1.165, 1.54) is 6.42 Å². The Morgan fingerprint density at radius 1 is 1.31 bits per heavy atom. The second kappa shape index (κ2) is 5.21. The summed E-state index contributed by atoms with van der Waals surface area (Å²) in [6, 6.07) is 8.02. The van der Waals surface area contributed by atoms with E-state index in [0.29, 0.717) is 0 Å². The first-order valence-corrected chi connectivity index (χ1v) is 5.88. The normalized spacial score (nSPS) is 25.1. The molecule has 1 saturated carbocycles. The summed E-state index contributed by atoms with van der Waals surface area (Å²) >= 11 is 0. The minimum atomic E-state index is -0.222. The minimum Gasteiger partial charge on any atom is -0.497 e. The van der Waals surface area contributed by atoms with Crippen LogP contribution in [0.1, 0.15) is 25.7 Å². The van der Waals surface area contributed by atoms with Gasteiger partial charge in [0, 0.05) is 11.8 Å². The molecule has 2 rings (SSSR count). The summed E-state index contributed by atoms with van der Waals surface area (Å²) < 4.78 is 5.17. The van der Waals surface area contributed by atoms with E-state index in [2.05, 4.69) is 5.32 Å². The van der Waals surface area contributed by atoms with Crippen LogP contribution in [-0.2, 0) is 0 Å². The molecule has 1 aromatic carbocycles. The van der Waals surface area contributed by atoms with Crippen LogP contribution < -0.4 is 10.1 Å². The highest BCUT2D eigenvalue weighted by molar-refractivity contribution is 5.49. The molecule has 3 nitrogen and oxygen atoms in total. The first-order valence-electron chi connectivity index (χ1n) is 5.88. The molecule has 0 aromatic heterocycles. The topological polar surface area (TPSA) is 41.5 Å². The van der Waals surface area contributed by atoms with Crippen molar-refractivity contribution in [3.63, 3.8) is 0 Å². The smallest absolute Gasteiger partial charge is 0.120 e. The van der Waals surface area contributed by atoms with Crippen molar-refractivity contribution < 1.29 is 9.84 Å². The lowest BCUT2D eigenvalue weighted by atomic mass is 9.92. The fourth-order valence-corrected chi connectivity index (χ4v) is 2.21. The van der Waals surface area contributed by atoms with E-state index in [1.807, 2.05) is 24.3 Å². The predicted octanol–water partition coefficient (Wildman–Crippen LogP) is 2.41. The van der Waals surface area contributed by atoms with Crippen LogP contribution >= 0.6 is 0 Å². The fraction of sp³-hybridized carbons (Fsp3) is 0.538. The Kier molecular flexibility index (Phi) is 3.67. The van der Waals surface area contributed by atoms with E-state index in [1.54, 1.807) is 7.11 Å². The molecule has 0 spiro atoms. The molecule has 1 aliphatic carbocycles. The molecular formula is C13H19NO2. The van der Waals surface area contributed by atoms with Crippen molar-refractivity contribution in [2.75, 3.05) is 12.4 Å². The predicted molar refractivity (Wildman–Crippen MR) is 64.9 cm³/mol. The second-order valence-electron chi connectivity index (χ2n) is 4.33. The Labute approximate surface area is 96.4 Å². The number of ether oxygens (including phenoxy) is 1. The fourth-order valence-electron chi connectivity index (χ4n) is 2.21. The monoisotopic (exact) mass is 221 g/mol. The van der Waals surface area contributed by atoms with Gasteiger partial charge in [0.1, 0.15) is 5.75 Å². The number of nitrogens with one attached hydrogen (secondary N) is 1. The highest BCUT2D eigenvalue weighted by atomic mass is 16.5. The van der Waals surface area contributed by atoms with Gasteiger partial charge in [-0.05, 0) is 25.0 Å². The lowest BCUT2D eigenvalue weighted by molar-refractivity contribution is 0.116. The van der Waals surface area contributed by atoms with E-state index >= 15 is 0 Å². The van der Waals surface area contributed by atoms with Gasteiger partial charge in [-0.2, -0.15) is 0 Å². The standard InChI is InChI=1S/C13H19NO2/c1-16-11-6-4-5-10(9-11)14-12-7-2-3-8-13(12)15/h4-6,9,12-15H,2-3,7-8H2,1H3/t12-,13-/m0/s1. The van der Waals surface area contributed by atoms with Crippen molar-refractivity contribution in [2.24, 2.45) is 0 Å². The minimum absolute atomic E-state index is 0.181. The number of benzene rings is 1. The Hall–Kier alpha value is -1.22. The second-order valence-corrected chi connectivity index (χ2v) is 4.33. The largest absolute Gasteiger partial charge is 0.497 e. The number of aliphatic hydroxyl groups excluding tert-OH is 1. The van der Waals surface area contributed by atoms with Crippen molar-refractivity contribution >= 4 is 5.69 Å². The van der Waals surface area contributed by atoms with Crippen LogP contribution in [0.2, 0.25) is 0 Å². The number of hydrogen-bond acceptors (Lipinski definition) is 3. The first-order chi connectivity index (χ1) is 7.79. The van der Waals surface area contributed by atoms with Crippen LogP contribution in [0.25, 0.3) is 0 Å². The van der Waals surface area contributed by atoms with Gasteiger partial charge < -0.3 is 15.2 Å². The van der Waals surface area contributed by atoms with Gasteiger partial charge in [0.2, 0.25) is 0 Å².